The van der Waals surface area contributed by atoms with Crippen LogP contribution >= 0.6 is 0 Å². The van der Waals surface area contributed by atoms with Gasteiger partial charge in [0.05, 0.1) is 5.52 Å². The minimum absolute atomic E-state index is 0.0485. The van der Waals surface area contributed by atoms with Crippen molar-refractivity contribution in [3.8, 4) is 0 Å². The number of nitrogens with zero attached hydrogens (tertiary/aromatic N) is 2. The summed E-state index contributed by atoms with van der Waals surface area (Å²) in [6.07, 6.45) is 4.32. The molecule has 22 heavy (non-hydrogen) atoms. The van der Waals surface area contributed by atoms with Gasteiger partial charge >= 0.3 is 0 Å². The first-order chi connectivity index (χ1) is 10.8. The summed E-state index contributed by atoms with van der Waals surface area (Å²) in [4.78, 5) is 6.76. The van der Waals surface area contributed by atoms with E-state index in [2.05, 4.69) is 16.8 Å². The van der Waals surface area contributed by atoms with Crippen molar-refractivity contribution in [2.45, 2.75) is 38.4 Å². The number of para-hydroxylation sites is 1. The van der Waals surface area contributed by atoms with Crippen LogP contribution in [-0.2, 0) is 0 Å². The maximum Gasteiger partial charge on any atom is 0.141 e. The maximum absolute atomic E-state index is 15.4. The van der Waals surface area contributed by atoms with Crippen molar-refractivity contribution in [1.82, 2.24) is 9.88 Å². The topological polar surface area (TPSA) is 16.1 Å². The fourth-order valence-corrected chi connectivity index (χ4v) is 4.51. The van der Waals surface area contributed by atoms with Crippen molar-refractivity contribution in [3.63, 3.8) is 0 Å². The predicted octanol–water partition coefficient (Wildman–Crippen LogP) is 4.37. The molecule has 0 spiro atoms. The van der Waals surface area contributed by atoms with E-state index in [4.69, 9.17) is 0 Å². The number of fused-ring (bicyclic) bond motifs is 4. The number of rotatable bonds is 3. The van der Waals surface area contributed by atoms with Crippen LogP contribution in [0.5, 0.6) is 0 Å². The van der Waals surface area contributed by atoms with E-state index in [9.17, 15) is 0 Å². The molecule has 1 aromatic heterocycles. The normalized spacial score (nSPS) is 32.3. The fourth-order valence-electron chi connectivity index (χ4n) is 4.51. The summed E-state index contributed by atoms with van der Waals surface area (Å²) in [5.74, 6) is 1.48. The first-order valence-electron chi connectivity index (χ1n) is 8.49. The van der Waals surface area contributed by atoms with Crippen molar-refractivity contribution in [3.05, 3.63) is 42.1 Å². The molecule has 4 heterocycles. The average molecular weight is 298 g/mol. The Labute approximate surface area is 131 Å². The third kappa shape index (κ3) is 2.23. The van der Waals surface area contributed by atoms with E-state index in [1.54, 1.807) is 6.20 Å². The molecule has 3 aliphatic rings. The maximum atomic E-state index is 15.4. The van der Waals surface area contributed by atoms with Crippen LogP contribution in [0.25, 0.3) is 10.9 Å². The second-order valence-corrected chi connectivity index (χ2v) is 6.83. The molecule has 2 nitrogen and oxygen atoms in total. The minimum atomic E-state index is -0.909. The van der Waals surface area contributed by atoms with Gasteiger partial charge in [0.25, 0.3) is 0 Å². The van der Waals surface area contributed by atoms with Gasteiger partial charge in [-0.05, 0) is 48.9 Å². The molecule has 0 N–H and O–H groups in total. The Morgan fingerprint density at radius 2 is 2.18 bits per heavy atom. The van der Waals surface area contributed by atoms with Gasteiger partial charge in [-0.25, -0.2) is 4.39 Å². The molecule has 3 aliphatic heterocycles. The van der Waals surface area contributed by atoms with Gasteiger partial charge in [0.1, 0.15) is 6.17 Å². The molecule has 3 heteroatoms. The predicted molar refractivity (Wildman–Crippen MR) is 87.5 cm³/mol. The summed E-state index contributed by atoms with van der Waals surface area (Å²) in [6, 6.07) is 9.81. The lowest BCUT2D eigenvalue weighted by Crippen LogP contribution is -2.54. The molecule has 0 amide bonds. The zero-order chi connectivity index (χ0) is 15.1. The van der Waals surface area contributed by atoms with E-state index in [1.165, 1.54) is 12.8 Å². The molecule has 0 aliphatic carbocycles. The van der Waals surface area contributed by atoms with Crippen molar-refractivity contribution in [1.29, 1.82) is 0 Å². The fraction of sp³-hybridized carbons (Fsp3) is 0.526. The van der Waals surface area contributed by atoms with Gasteiger partial charge in [0.15, 0.2) is 0 Å². The second-order valence-electron chi connectivity index (χ2n) is 6.83. The largest absolute Gasteiger partial charge is 0.297 e. The Hall–Kier alpha value is -1.48. The molecule has 0 saturated carbocycles. The minimum Gasteiger partial charge on any atom is -0.297 e. The van der Waals surface area contributed by atoms with Crippen molar-refractivity contribution in [2.75, 3.05) is 13.1 Å². The highest BCUT2D eigenvalue weighted by molar-refractivity contribution is 5.82. The second kappa shape index (κ2) is 5.62. The van der Waals surface area contributed by atoms with E-state index in [1.807, 2.05) is 30.3 Å². The molecule has 4 unspecified atom stereocenters. The van der Waals surface area contributed by atoms with Gasteiger partial charge in [-0.3, -0.25) is 9.88 Å². The van der Waals surface area contributed by atoms with Crippen molar-refractivity contribution in [2.24, 2.45) is 11.8 Å². The summed E-state index contributed by atoms with van der Waals surface area (Å²) >= 11 is 0. The van der Waals surface area contributed by atoms with Gasteiger partial charge in [-0.1, -0.05) is 31.5 Å². The lowest BCUT2D eigenvalue weighted by atomic mass is 9.73. The Balaban J connectivity index is 1.66. The SMILES string of the molecule is CCC1CN2CCC1CC2[C@H](F)c1ccnc2ccccc12. The van der Waals surface area contributed by atoms with Gasteiger partial charge in [0.2, 0.25) is 0 Å². The monoisotopic (exact) mass is 298 g/mol. The molecule has 2 aromatic rings. The molecule has 116 valence electrons. The third-order valence-electron chi connectivity index (χ3n) is 5.78. The Morgan fingerprint density at radius 1 is 1.32 bits per heavy atom. The summed E-state index contributed by atoms with van der Waals surface area (Å²) in [7, 11) is 0. The van der Waals surface area contributed by atoms with Crippen LogP contribution in [-0.4, -0.2) is 29.0 Å². The highest BCUT2D eigenvalue weighted by atomic mass is 19.1. The number of aromatic nitrogens is 1. The number of hydrogen-bond donors (Lipinski definition) is 0. The zero-order valence-electron chi connectivity index (χ0n) is 13.1. The van der Waals surface area contributed by atoms with E-state index in [0.29, 0.717) is 5.92 Å². The lowest BCUT2D eigenvalue weighted by Gasteiger charge is -2.50. The molecule has 0 radical (unpaired) electrons. The molecule has 3 fully saturated rings. The molecule has 5 rings (SSSR count). The number of pyridine rings is 1. The Morgan fingerprint density at radius 3 is 2.95 bits per heavy atom. The van der Waals surface area contributed by atoms with Crippen LogP contribution in [0, 0.1) is 11.8 Å². The third-order valence-corrected chi connectivity index (χ3v) is 5.78. The molecular formula is C19H23FN2. The van der Waals surface area contributed by atoms with Crippen molar-refractivity contribution < 1.29 is 4.39 Å². The first-order valence-corrected chi connectivity index (χ1v) is 8.49. The molecule has 2 bridgehead atoms. The molecule has 1 aromatic carbocycles. The summed E-state index contributed by atoms with van der Waals surface area (Å²) in [5.41, 5.74) is 1.71. The Bertz CT molecular complexity index is 666. The molecule has 5 atom stereocenters. The Kier molecular flexibility index (Phi) is 3.61. The van der Waals surface area contributed by atoms with Crippen molar-refractivity contribution >= 4 is 10.9 Å². The lowest BCUT2D eigenvalue weighted by molar-refractivity contribution is -0.0332. The van der Waals surface area contributed by atoms with Gasteiger partial charge in [0, 0.05) is 24.2 Å². The van der Waals surface area contributed by atoms with Crippen LogP contribution in [0.1, 0.15) is 37.9 Å². The molecular weight excluding hydrogens is 275 g/mol. The van der Waals surface area contributed by atoms with Crippen LogP contribution in [0.3, 0.4) is 0 Å². The van der Waals surface area contributed by atoms with Gasteiger partial charge < -0.3 is 0 Å². The van der Waals surface area contributed by atoms with E-state index in [-0.39, 0.29) is 6.04 Å². The smallest absolute Gasteiger partial charge is 0.141 e. The number of alkyl halides is 1. The van der Waals surface area contributed by atoms with Gasteiger partial charge in [-0.15, -0.1) is 0 Å². The first kappa shape index (κ1) is 14.1. The number of piperidine rings is 3. The van der Waals surface area contributed by atoms with Crippen LogP contribution in [0.4, 0.5) is 4.39 Å². The number of benzene rings is 1. The summed E-state index contributed by atoms with van der Waals surface area (Å²) in [5, 5.41) is 0.965. The van der Waals surface area contributed by atoms with E-state index in [0.717, 1.165) is 41.9 Å². The molecule has 3 saturated heterocycles. The summed E-state index contributed by atoms with van der Waals surface area (Å²) < 4.78 is 15.4. The van der Waals surface area contributed by atoms with Gasteiger partial charge in [-0.2, -0.15) is 0 Å². The highest BCUT2D eigenvalue weighted by Crippen LogP contribution is 2.43. The van der Waals surface area contributed by atoms with Crippen LogP contribution < -0.4 is 0 Å². The number of hydrogen-bond acceptors (Lipinski definition) is 2. The number of halogens is 1. The van der Waals surface area contributed by atoms with Crippen LogP contribution in [0.2, 0.25) is 0 Å². The van der Waals surface area contributed by atoms with Crippen LogP contribution in [0.15, 0.2) is 36.5 Å². The van der Waals surface area contributed by atoms with E-state index >= 15 is 4.39 Å². The summed E-state index contributed by atoms with van der Waals surface area (Å²) in [6.45, 7) is 4.41. The standard InChI is InChI=1S/C19H23FN2/c1-2-13-12-22-10-8-14(13)11-18(22)19(20)16-7-9-21-17-6-4-3-5-15(16)17/h3-7,9,13-14,18-19H,2,8,10-12H2,1H3/t13?,14?,18?,19-/m1/s1. The zero-order valence-corrected chi connectivity index (χ0v) is 13.1. The quantitative estimate of drug-likeness (QED) is 0.836. The average Bonchev–Trinajstić information content (AvgIpc) is 2.60. The van der Waals surface area contributed by atoms with E-state index < -0.39 is 6.17 Å². The highest BCUT2D eigenvalue weighted by Gasteiger charge is 2.43.